The Morgan fingerprint density at radius 2 is 1.59 bits per heavy atom. The van der Waals surface area contributed by atoms with Crippen LogP contribution in [-0.4, -0.2) is 24.3 Å². The van der Waals surface area contributed by atoms with Crippen LogP contribution in [0.3, 0.4) is 0 Å². The smallest absolute Gasteiger partial charge is 0.139 e. The topological polar surface area (TPSA) is 67.8 Å². The van der Waals surface area contributed by atoms with Gasteiger partial charge in [0.2, 0.25) is 0 Å². The molecule has 17 heavy (non-hydrogen) atoms. The normalized spacial score (nSPS) is 11.9. The number of nitrogens with two attached hydrogens (primary N) is 1. The third-order valence-corrected chi connectivity index (χ3v) is 2.74. The minimum Gasteiger partial charge on any atom is -0.409 e. The van der Waals surface area contributed by atoms with E-state index in [-0.39, 0.29) is 0 Å². The molecule has 0 saturated heterocycles. The first kappa shape index (κ1) is 16.2. The molecule has 0 rings (SSSR count). The van der Waals surface area contributed by atoms with Crippen molar-refractivity contribution in [3.63, 3.8) is 0 Å². The van der Waals surface area contributed by atoms with E-state index in [2.05, 4.69) is 12.1 Å². The van der Waals surface area contributed by atoms with Gasteiger partial charge in [0, 0.05) is 19.6 Å². The van der Waals surface area contributed by atoms with E-state index in [1.54, 1.807) is 0 Å². The maximum Gasteiger partial charge on any atom is 0.139 e. The molecular formula is C13H28N2O2. The van der Waals surface area contributed by atoms with Gasteiger partial charge in [-0.25, -0.2) is 0 Å². The van der Waals surface area contributed by atoms with Crippen LogP contribution in [0.5, 0.6) is 0 Å². The van der Waals surface area contributed by atoms with Gasteiger partial charge in [0.25, 0.3) is 0 Å². The fourth-order valence-corrected chi connectivity index (χ4v) is 1.65. The van der Waals surface area contributed by atoms with Gasteiger partial charge in [0.15, 0.2) is 0 Å². The zero-order valence-electron chi connectivity index (χ0n) is 11.2. The van der Waals surface area contributed by atoms with Crippen LogP contribution in [-0.2, 0) is 4.74 Å². The number of unbranched alkanes of at least 4 members (excludes halogenated alkanes) is 6. The second-order valence-electron chi connectivity index (χ2n) is 4.43. The van der Waals surface area contributed by atoms with Crippen molar-refractivity contribution in [2.75, 3.05) is 13.2 Å². The third kappa shape index (κ3) is 13.2. The second-order valence-corrected chi connectivity index (χ2v) is 4.43. The molecule has 4 nitrogen and oxygen atoms in total. The molecular weight excluding hydrogens is 216 g/mol. The summed E-state index contributed by atoms with van der Waals surface area (Å²) in [5.41, 5.74) is 5.35. The van der Waals surface area contributed by atoms with E-state index in [4.69, 9.17) is 15.7 Å². The van der Waals surface area contributed by atoms with Crippen LogP contribution in [0.15, 0.2) is 5.16 Å². The van der Waals surface area contributed by atoms with Gasteiger partial charge < -0.3 is 15.7 Å². The molecule has 0 amide bonds. The Morgan fingerprint density at radius 1 is 1.00 bits per heavy atom. The van der Waals surface area contributed by atoms with E-state index in [0.717, 1.165) is 26.1 Å². The first-order valence-corrected chi connectivity index (χ1v) is 6.85. The highest BCUT2D eigenvalue weighted by Crippen LogP contribution is 2.05. The quantitative estimate of drug-likeness (QED) is 0.182. The van der Waals surface area contributed by atoms with Crippen molar-refractivity contribution in [3.8, 4) is 0 Å². The van der Waals surface area contributed by atoms with Crippen LogP contribution in [0, 0.1) is 0 Å². The molecule has 0 aromatic carbocycles. The molecule has 0 heterocycles. The zero-order chi connectivity index (χ0) is 12.8. The van der Waals surface area contributed by atoms with Crippen LogP contribution < -0.4 is 5.73 Å². The standard InChI is InChI=1S/C13H28N2O2/c1-2-3-4-5-6-8-11-17-12-9-7-10-13(14)15-16/h16H,2-12H2,1H3,(H2,14,15). The van der Waals surface area contributed by atoms with Gasteiger partial charge in [-0.2, -0.15) is 0 Å². The Kier molecular flexibility index (Phi) is 12.7. The summed E-state index contributed by atoms with van der Waals surface area (Å²) in [6.07, 6.45) is 10.4. The molecule has 0 unspecified atom stereocenters. The zero-order valence-corrected chi connectivity index (χ0v) is 11.2. The molecule has 0 spiro atoms. The van der Waals surface area contributed by atoms with E-state index in [0.29, 0.717) is 12.3 Å². The highest BCUT2D eigenvalue weighted by molar-refractivity contribution is 5.79. The van der Waals surface area contributed by atoms with Crippen molar-refractivity contribution < 1.29 is 9.94 Å². The van der Waals surface area contributed by atoms with Gasteiger partial charge in [0.05, 0.1) is 0 Å². The van der Waals surface area contributed by atoms with Crippen LogP contribution >= 0.6 is 0 Å². The van der Waals surface area contributed by atoms with Gasteiger partial charge >= 0.3 is 0 Å². The SMILES string of the molecule is CCCCCCCCOCCCCC(N)=NO. The second kappa shape index (κ2) is 13.3. The van der Waals surface area contributed by atoms with Crippen molar-refractivity contribution in [1.82, 2.24) is 0 Å². The molecule has 0 aliphatic rings. The molecule has 0 atom stereocenters. The summed E-state index contributed by atoms with van der Waals surface area (Å²) in [5, 5.41) is 11.3. The number of oxime groups is 1. The van der Waals surface area contributed by atoms with Gasteiger partial charge in [0.1, 0.15) is 5.84 Å². The van der Waals surface area contributed by atoms with E-state index in [9.17, 15) is 0 Å². The van der Waals surface area contributed by atoms with Gasteiger partial charge in [-0.15, -0.1) is 0 Å². The number of hydrogen-bond acceptors (Lipinski definition) is 3. The lowest BCUT2D eigenvalue weighted by Crippen LogP contribution is -2.11. The van der Waals surface area contributed by atoms with Crippen molar-refractivity contribution in [1.29, 1.82) is 0 Å². The van der Waals surface area contributed by atoms with E-state index < -0.39 is 0 Å². The highest BCUT2D eigenvalue weighted by Gasteiger charge is 1.94. The summed E-state index contributed by atoms with van der Waals surface area (Å²) in [7, 11) is 0. The molecule has 0 aliphatic heterocycles. The minimum absolute atomic E-state index is 0.306. The van der Waals surface area contributed by atoms with Crippen LogP contribution in [0.2, 0.25) is 0 Å². The molecule has 0 saturated carbocycles. The van der Waals surface area contributed by atoms with E-state index >= 15 is 0 Å². The predicted molar refractivity (Wildman–Crippen MR) is 71.5 cm³/mol. The minimum atomic E-state index is 0.306. The van der Waals surface area contributed by atoms with Crippen LogP contribution in [0.25, 0.3) is 0 Å². The van der Waals surface area contributed by atoms with Gasteiger partial charge in [-0.1, -0.05) is 44.2 Å². The summed E-state index contributed by atoms with van der Waals surface area (Å²) in [6, 6.07) is 0. The van der Waals surface area contributed by atoms with Crippen molar-refractivity contribution in [3.05, 3.63) is 0 Å². The molecule has 0 bridgehead atoms. The first-order valence-electron chi connectivity index (χ1n) is 6.85. The van der Waals surface area contributed by atoms with Crippen molar-refractivity contribution >= 4 is 5.84 Å². The lowest BCUT2D eigenvalue weighted by Gasteiger charge is -2.04. The maximum atomic E-state index is 8.33. The number of rotatable bonds is 12. The average Bonchev–Trinajstić information content (AvgIpc) is 2.35. The summed E-state index contributed by atoms with van der Waals surface area (Å²) < 4.78 is 5.51. The summed E-state index contributed by atoms with van der Waals surface area (Å²) >= 11 is 0. The fraction of sp³-hybridized carbons (Fsp3) is 0.923. The summed E-state index contributed by atoms with van der Waals surface area (Å²) in [4.78, 5) is 0. The molecule has 102 valence electrons. The van der Waals surface area contributed by atoms with Gasteiger partial charge in [-0.3, -0.25) is 0 Å². The predicted octanol–water partition coefficient (Wildman–Crippen LogP) is 3.28. The lowest BCUT2D eigenvalue weighted by atomic mass is 10.1. The third-order valence-electron chi connectivity index (χ3n) is 2.74. The van der Waals surface area contributed by atoms with Crippen molar-refractivity contribution in [2.45, 2.75) is 64.7 Å². The molecule has 0 radical (unpaired) electrons. The van der Waals surface area contributed by atoms with Crippen molar-refractivity contribution in [2.24, 2.45) is 10.9 Å². The Hall–Kier alpha value is -0.770. The average molecular weight is 244 g/mol. The molecule has 3 N–H and O–H groups in total. The van der Waals surface area contributed by atoms with Crippen LogP contribution in [0.4, 0.5) is 0 Å². The number of ether oxygens (including phenoxy) is 1. The number of amidine groups is 1. The van der Waals surface area contributed by atoms with Gasteiger partial charge in [-0.05, 0) is 19.3 Å². The molecule has 0 aromatic rings. The Bertz CT molecular complexity index is 184. The summed E-state index contributed by atoms with van der Waals surface area (Å²) in [5.74, 6) is 0.306. The number of nitrogens with zero attached hydrogens (tertiary/aromatic N) is 1. The monoisotopic (exact) mass is 244 g/mol. The Labute approximate surface area is 105 Å². The Morgan fingerprint density at radius 3 is 2.24 bits per heavy atom. The van der Waals surface area contributed by atoms with E-state index in [1.165, 1.54) is 38.5 Å². The molecule has 0 aliphatic carbocycles. The molecule has 0 fully saturated rings. The fourth-order valence-electron chi connectivity index (χ4n) is 1.65. The Balaban J connectivity index is 2.99. The largest absolute Gasteiger partial charge is 0.409 e. The highest BCUT2D eigenvalue weighted by atomic mass is 16.5. The molecule has 4 heteroatoms. The lowest BCUT2D eigenvalue weighted by molar-refractivity contribution is 0.126. The molecule has 0 aromatic heterocycles. The maximum absolute atomic E-state index is 8.33. The first-order chi connectivity index (χ1) is 8.31. The van der Waals surface area contributed by atoms with Crippen LogP contribution in [0.1, 0.15) is 64.7 Å². The number of hydrogen-bond donors (Lipinski definition) is 2. The summed E-state index contributed by atoms with van der Waals surface area (Å²) in [6.45, 7) is 3.89. The van der Waals surface area contributed by atoms with E-state index in [1.807, 2.05) is 0 Å².